The maximum atomic E-state index is 5.23. The van der Waals surface area contributed by atoms with Crippen LogP contribution in [0.15, 0.2) is 0 Å². The van der Waals surface area contributed by atoms with Gasteiger partial charge in [0.25, 0.3) is 0 Å². The van der Waals surface area contributed by atoms with Crippen molar-refractivity contribution in [2.24, 2.45) is 5.92 Å². The van der Waals surface area contributed by atoms with Gasteiger partial charge >= 0.3 is 0 Å². The number of unbranched alkanes of at least 4 members (excludes halogenated alkanes) is 11. The van der Waals surface area contributed by atoms with Crippen LogP contribution < -0.4 is 0 Å². The highest BCUT2D eigenvalue weighted by atomic mass is 17.2. The number of rotatable bonds is 18. The molecule has 2 nitrogen and oxygen atoms in total. The minimum Gasteiger partial charge on any atom is -0.237 e. The van der Waals surface area contributed by atoms with E-state index >= 15 is 0 Å². The maximum absolute atomic E-state index is 5.23. The van der Waals surface area contributed by atoms with Gasteiger partial charge in [0.1, 0.15) is 0 Å². The minimum atomic E-state index is 0.760. The first-order valence-corrected chi connectivity index (χ1v) is 10.0. The molecule has 0 aromatic carbocycles. The Bertz CT molecular complexity index is 192. The molecule has 0 aliphatic carbocycles. The second-order valence-electron chi connectivity index (χ2n) is 7.07. The summed E-state index contributed by atoms with van der Waals surface area (Å²) < 4.78 is 0. The smallest absolute Gasteiger partial charge is 0.0822 e. The minimum absolute atomic E-state index is 0.760. The molecule has 0 saturated heterocycles. The third-order valence-corrected chi connectivity index (χ3v) is 4.17. The molecule has 0 N–H and O–H groups in total. The van der Waals surface area contributed by atoms with Crippen LogP contribution in [-0.4, -0.2) is 13.2 Å². The molecule has 0 radical (unpaired) electrons. The first-order valence-electron chi connectivity index (χ1n) is 10.0. The first-order chi connectivity index (χ1) is 10.8. The summed E-state index contributed by atoms with van der Waals surface area (Å²) in [5.74, 6) is 0.827. The van der Waals surface area contributed by atoms with Gasteiger partial charge in [-0.2, -0.15) is 0 Å². The molecule has 0 bridgehead atoms. The molecule has 0 heterocycles. The Kier molecular flexibility index (Phi) is 18.9. The summed E-state index contributed by atoms with van der Waals surface area (Å²) in [6.45, 7) is 8.37. The van der Waals surface area contributed by atoms with Crippen molar-refractivity contribution in [3.63, 3.8) is 0 Å². The fraction of sp³-hybridized carbons (Fsp3) is 1.00. The van der Waals surface area contributed by atoms with Crippen LogP contribution in [0, 0.1) is 5.92 Å². The molecule has 0 saturated carbocycles. The second-order valence-corrected chi connectivity index (χ2v) is 7.07. The molecule has 134 valence electrons. The fourth-order valence-electron chi connectivity index (χ4n) is 2.66. The number of hydrogen-bond donors (Lipinski definition) is 0. The highest BCUT2D eigenvalue weighted by Crippen LogP contribution is 2.11. The largest absolute Gasteiger partial charge is 0.237 e. The predicted octanol–water partition coefficient (Wildman–Crippen LogP) is 7.07. The van der Waals surface area contributed by atoms with Crippen molar-refractivity contribution in [2.45, 2.75) is 111 Å². The Hall–Kier alpha value is -0.0800. The van der Waals surface area contributed by atoms with E-state index in [0.717, 1.165) is 32.0 Å². The molecule has 0 fully saturated rings. The first kappa shape index (κ1) is 21.9. The standard InChI is InChI=1S/C20H42O2/c1-4-5-6-7-8-9-10-11-12-15-18-21-22-19-16-13-14-17-20(2)3/h20H,4-19H2,1-3H3. The van der Waals surface area contributed by atoms with Gasteiger partial charge in [-0.1, -0.05) is 97.8 Å². The van der Waals surface area contributed by atoms with E-state index in [9.17, 15) is 0 Å². The predicted molar refractivity (Wildman–Crippen MR) is 97.1 cm³/mol. The molecule has 2 heteroatoms. The third-order valence-electron chi connectivity index (χ3n) is 4.17. The molecular formula is C20H42O2. The molecule has 0 unspecified atom stereocenters. The molecule has 22 heavy (non-hydrogen) atoms. The molecule has 0 amide bonds. The van der Waals surface area contributed by atoms with E-state index in [1.54, 1.807) is 0 Å². The van der Waals surface area contributed by atoms with E-state index in [4.69, 9.17) is 9.78 Å². The summed E-state index contributed by atoms with van der Waals surface area (Å²) in [7, 11) is 0. The van der Waals surface area contributed by atoms with E-state index < -0.39 is 0 Å². The molecular weight excluding hydrogens is 272 g/mol. The van der Waals surface area contributed by atoms with Gasteiger partial charge in [0.15, 0.2) is 0 Å². The second kappa shape index (κ2) is 19.0. The van der Waals surface area contributed by atoms with Gasteiger partial charge < -0.3 is 0 Å². The molecule has 0 aliphatic rings. The third kappa shape index (κ3) is 19.9. The fourth-order valence-corrected chi connectivity index (χ4v) is 2.66. The molecule has 0 spiro atoms. The lowest BCUT2D eigenvalue weighted by Crippen LogP contribution is -1.99. The van der Waals surface area contributed by atoms with E-state index in [-0.39, 0.29) is 0 Å². The maximum Gasteiger partial charge on any atom is 0.0822 e. The van der Waals surface area contributed by atoms with Crippen LogP contribution >= 0.6 is 0 Å². The van der Waals surface area contributed by atoms with E-state index in [1.807, 2.05) is 0 Å². The Morgan fingerprint density at radius 2 is 0.955 bits per heavy atom. The van der Waals surface area contributed by atoms with Crippen LogP contribution in [0.1, 0.15) is 111 Å². The Labute approximate surface area is 140 Å². The monoisotopic (exact) mass is 314 g/mol. The van der Waals surface area contributed by atoms with E-state index in [0.29, 0.717) is 0 Å². The van der Waals surface area contributed by atoms with Crippen LogP contribution in [0.5, 0.6) is 0 Å². The summed E-state index contributed by atoms with van der Waals surface area (Å²) in [5.41, 5.74) is 0. The molecule has 0 atom stereocenters. The van der Waals surface area contributed by atoms with Crippen molar-refractivity contribution < 1.29 is 9.78 Å². The Morgan fingerprint density at radius 1 is 0.545 bits per heavy atom. The SMILES string of the molecule is CCCCCCCCCCCCOOCCCCCC(C)C. The van der Waals surface area contributed by atoms with Crippen LogP contribution in [0.25, 0.3) is 0 Å². The van der Waals surface area contributed by atoms with Gasteiger partial charge in [-0.15, -0.1) is 0 Å². The average Bonchev–Trinajstić information content (AvgIpc) is 2.50. The molecule has 0 aromatic rings. The summed E-state index contributed by atoms with van der Waals surface area (Å²) in [6, 6.07) is 0. The number of hydrogen-bond acceptors (Lipinski definition) is 2. The Morgan fingerprint density at radius 3 is 1.41 bits per heavy atom. The van der Waals surface area contributed by atoms with Crippen molar-refractivity contribution in [2.75, 3.05) is 13.2 Å². The molecule has 0 aromatic heterocycles. The van der Waals surface area contributed by atoms with Crippen molar-refractivity contribution in [3.8, 4) is 0 Å². The van der Waals surface area contributed by atoms with Gasteiger partial charge in [-0.25, -0.2) is 9.78 Å². The van der Waals surface area contributed by atoms with Crippen molar-refractivity contribution >= 4 is 0 Å². The zero-order valence-electron chi connectivity index (χ0n) is 15.7. The molecule has 0 rings (SSSR count). The summed E-state index contributed by atoms with van der Waals surface area (Å²) in [6.07, 6.45) is 18.7. The highest BCUT2D eigenvalue weighted by molar-refractivity contribution is 4.47. The lowest BCUT2D eigenvalue weighted by Gasteiger charge is -2.06. The summed E-state index contributed by atoms with van der Waals surface area (Å²) >= 11 is 0. The van der Waals surface area contributed by atoms with Crippen LogP contribution in [-0.2, 0) is 9.78 Å². The van der Waals surface area contributed by atoms with Crippen LogP contribution in [0.4, 0.5) is 0 Å². The topological polar surface area (TPSA) is 18.5 Å². The van der Waals surface area contributed by atoms with Gasteiger partial charge in [0.05, 0.1) is 13.2 Å². The van der Waals surface area contributed by atoms with Crippen LogP contribution in [0.3, 0.4) is 0 Å². The average molecular weight is 315 g/mol. The van der Waals surface area contributed by atoms with Gasteiger partial charge in [0.2, 0.25) is 0 Å². The molecule has 0 aliphatic heterocycles. The van der Waals surface area contributed by atoms with Gasteiger partial charge in [-0.3, -0.25) is 0 Å². The quantitative estimate of drug-likeness (QED) is 0.153. The van der Waals surface area contributed by atoms with Gasteiger partial charge in [0, 0.05) is 0 Å². The van der Waals surface area contributed by atoms with E-state index in [1.165, 1.54) is 77.0 Å². The van der Waals surface area contributed by atoms with E-state index in [2.05, 4.69) is 20.8 Å². The highest BCUT2D eigenvalue weighted by Gasteiger charge is 1.96. The van der Waals surface area contributed by atoms with Crippen LogP contribution in [0.2, 0.25) is 0 Å². The lowest BCUT2D eigenvalue weighted by atomic mass is 10.1. The summed E-state index contributed by atoms with van der Waals surface area (Å²) in [5, 5.41) is 0. The van der Waals surface area contributed by atoms with Gasteiger partial charge in [-0.05, 0) is 18.8 Å². The van der Waals surface area contributed by atoms with Crippen molar-refractivity contribution in [3.05, 3.63) is 0 Å². The zero-order valence-corrected chi connectivity index (χ0v) is 15.7. The summed E-state index contributed by atoms with van der Waals surface area (Å²) in [4.78, 5) is 10.5. The normalized spacial score (nSPS) is 11.5. The van der Waals surface area contributed by atoms with Crippen molar-refractivity contribution in [1.29, 1.82) is 0 Å². The van der Waals surface area contributed by atoms with Crippen molar-refractivity contribution in [1.82, 2.24) is 0 Å². The lowest BCUT2D eigenvalue weighted by molar-refractivity contribution is -0.295. The Balaban J connectivity index is 2.94. The zero-order chi connectivity index (χ0) is 16.3.